The lowest BCUT2D eigenvalue weighted by Gasteiger charge is -2.12. The molecule has 0 bridgehead atoms. The molecule has 0 saturated heterocycles. The molecule has 0 aliphatic rings. The van der Waals surface area contributed by atoms with E-state index in [4.69, 9.17) is 0 Å². The number of nitrogens with one attached hydrogen (secondary N) is 2. The van der Waals surface area contributed by atoms with Crippen LogP contribution in [-0.2, 0) is 13.1 Å². The number of aliphatic imine (C=N–C) groups is 1. The van der Waals surface area contributed by atoms with Crippen molar-refractivity contribution in [2.45, 2.75) is 13.1 Å². The molecule has 0 saturated carbocycles. The summed E-state index contributed by atoms with van der Waals surface area (Å²) in [6.45, 7) is 1.13. The Hall–Kier alpha value is -2.89. The molecule has 6 heteroatoms. The van der Waals surface area contributed by atoms with Gasteiger partial charge in [-0.15, -0.1) is 0 Å². The van der Waals surface area contributed by atoms with Crippen molar-refractivity contribution < 1.29 is 4.92 Å². The van der Waals surface area contributed by atoms with Gasteiger partial charge in [-0.05, 0) is 11.1 Å². The summed E-state index contributed by atoms with van der Waals surface area (Å²) in [5.74, 6) is 0.648. The summed E-state index contributed by atoms with van der Waals surface area (Å²) in [4.78, 5) is 14.5. The predicted octanol–water partition coefficient (Wildman–Crippen LogP) is 2.46. The Labute approximate surface area is 129 Å². The van der Waals surface area contributed by atoms with Gasteiger partial charge in [-0.25, -0.2) is 0 Å². The third kappa shape index (κ3) is 4.59. The van der Waals surface area contributed by atoms with Crippen LogP contribution in [0.25, 0.3) is 0 Å². The lowest BCUT2D eigenvalue weighted by molar-refractivity contribution is -0.384. The molecule has 0 heterocycles. The molecule has 0 unspecified atom stereocenters. The quantitative estimate of drug-likeness (QED) is 0.384. The van der Waals surface area contributed by atoms with Crippen molar-refractivity contribution in [1.29, 1.82) is 0 Å². The Morgan fingerprint density at radius 1 is 1.05 bits per heavy atom. The Balaban J connectivity index is 1.89. The topological polar surface area (TPSA) is 79.6 Å². The van der Waals surface area contributed by atoms with E-state index in [1.54, 1.807) is 19.2 Å². The molecule has 2 N–H and O–H groups in total. The van der Waals surface area contributed by atoms with Crippen molar-refractivity contribution in [3.8, 4) is 0 Å². The summed E-state index contributed by atoms with van der Waals surface area (Å²) in [7, 11) is 1.69. The summed E-state index contributed by atoms with van der Waals surface area (Å²) in [5.41, 5.74) is 2.07. The number of non-ortho nitro benzene ring substituents is 1. The molecule has 0 radical (unpaired) electrons. The second-order valence-electron chi connectivity index (χ2n) is 4.69. The third-order valence-corrected chi connectivity index (χ3v) is 3.11. The highest BCUT2D eigenvalue weighted by atomic mass is 16.6. The van der Waals surface area contributed by atoms with Crippen molar-refractivity contribution in [3.05, 3.63) is 75.8 Å². The van der Waals surface area contributed by atoms with Gasteiger partial charge >= 0.3 is 0 Å². The molecule has 114 valence electrons. The van der Waals surface area contributed by atoms with Crippen LogP contribution in [0.4, 0.5) is 5.69 Å². The van der Waals surface area contributed by atoms with E-state index in [0.717, 1.165) is 11.1 Å². The fraction of sp³-hybridized carbons (Fsp3) is 0.188. The van der Waals surface area contributed by atoms with Crippen molar-refractivity contribution >= 4 is 11.6 Å². The van der Waals surface area contributed by atoms with Gasteiger partial charge in [0.2, 0.25) is 0 Å². The number of nitro benzene ring substituents is 1. The lowest BCUT2D eigenvalue weighted by atomic mass is 10.2. The van der Waals surface area contributed by atoms with E-state index in [1.807, 2.05) is 36.4 Å². The lowest BCUT2D eigenvalue weighted by Crippen LogP contribution is -2.36. The van der Waals surface area contributed by atoms with E-state index < -0.39 is 4.92 Å². The smallest absolute Gasteiger partial charge is 0.269 e. The summed E-state index contributed by atoms with van der Waals surface area (Å²) in [6, 6.07) is 16.5. The minimum Gasteiger partial charge on any atom is -0.352 e. The first kappa shape index (κ1) is 15.5. The first-order chi connectivity index (χ1) is 10.7. The van der Waals surface area contributed by atoms with Gasteiger partial charge in [0.05, 0.1) is 4.92 Å². The first-order valence-corrected chi connectivity index (χ1v) is 6.91. The van der Waals surface area contributed by atoms with Gasteiger partial charge in [0, 0.05) is 32.3 Å². The summed E-state index contributed by atoms with van der Waals surface area (Å²) in [6.07, 6.45) is 0. The minimum absolute atomic E-state index is 0.0894. The Morgan fingerprint density at radius 2 is 1.68 bits per heavy atom. The summed E-state index contributed by atoms with van der Waals surface area (Å²) < 4.78 is 0. The molecule has 22 heavy (non-hydrogen) atoms. The third-order valence-electron chi connectivity index (χ3n) is 3.11. The second kappa shape index (κ2) is 7.78. The standard InChI is InChI=1S/C16H18N4O2/c1-17-16(18-11-13-6-3-2-4-7-13)19-12-14-8-5-9-15(10-14)20(21)22/h2-10H,11-12H2,1H3,(H2,17,18,19). The molecule has 0 aliphatic carbocycles. The number of guanidine groups is 1. The molecule has 0 aromatic heterocycles. The van der Waals surface area contributed by atoms with Crippen LogP contribution in [0.5, 0.6) is 0 Å². The molecule has 2 aromatic carbocycles. The molecule has 0 amide bonds. The van der Waals surface area contributed by atoms with Crippen molar-refractivity contribution in [2.24, 2.45) is 4.99 Å². The second-order valence-corrected chi connectivity index (χ2v) is 4.69. The summed E-state index contributed by atoms with van der Waals surface area (Å²) >= 11 is 0. The van der Waals surface area contributed by atoms with Crippen LogP contribution in [0.2, 0.25) is 0 Å². The highest BCUT2D eigenvalue weighted by Gasteiger charge is 2.06. The maximum atomic E-state index is 10.8. The number of hydrogen-bond donors (Lipinski definition) is 2. The highest BCUT2D eigenvalue weighted by Crippen LogP contribution is 2.12. The first-order valence-electron chi connectivity index (χ1n) is 6.91. The normalized spacial score (nSPS) is 11.0. The number of hydrogen-bond acceptors (Lipinski definition) is 3. The number of nitrogens with zero attached hydrogens (tertiary/aromatic N) is 2. The SMILES string of the molecule is CN=C(NCc1ccccc1)NCc1cccc([N+](=O)[O-])c1. The molecule has 2 aromatic rings. The Bertz CT molecular complexity index is 656. The molecular weight excluding hydrogens is 280 g/mol. The zero-order chi connectivity index (χ0) is 15.8. The average Bonchev–Trinajstić information content (AvgIpc) is 2.56. The molecule has 0 spiro atoms. The van der Waals surface area contributed by atoms with Crippen molar-refractivity contribution in [2.75, 3.05) is 7.05 Å². The van der Waals surface area contributed by atoms with E-state index >= 15 is 0 Å². The fourth-order valence-electron chi connectivity index (χ4n) is 1.97. The van der Waals surface area contributed by atoms with Gasteiger partial charge in [0.15, 0.2) is 5.96 Å². The molecule has 0 fully saturated rings. The Morgan fingerprint density at radius 3 is 2.32 bits per heavy atom. The van der Waals surface area contributed by atoms with Crippen molar-refractivity contribution in [3.63, 3.8) is 0 Å². The fourth-order valence-corrected chi connectivity index (χ4v) is 1.97. The van der Waals surface area contributed by atoms with Gasteiger partial charge in [0.1, 0.15) is 0 Å². The monoisotopic (exact) mass is 298 g/mol. The molecule has 2 rings (SSSR count). The summed E-state index contributed by atoms with van der Waals surface area (Å²) in [5, 5.41) is 17.1. The van der Waals surface area contributed by atoms with E-state index in [-0.39, 0.29) is 5.69 Å². The molecule has 0 aliphatic heterocycles. The maximum absolute atomic E-state index is 10.8. The van der Waals surface area contributed by atoms with Gasteiger partial charge in [0.25, 0.3) is 5.69 Å². The Kier molecular flexibility index (Phi) is 5.48. The number of nitro groups is 1. The van der Waals surface area contributed by atoms with Gasteiger partial charge < -0.3 is 10.6 Å². The minimum atomic E-state index is -0.397. The largest absolute Gasteiger partial charge is 0.352 e. The van der Waals surface area contributed by atoms with Crippen LogP contribution in [0, 0.1) is 10.1 Å². The number of benzene rings is 2. The van der Waals surface area contributed by atoms with Crippen molar-refractivity contribution in [1.82, 2.24) is 10.6 Å². The predicted molar refractivity (Wildman–Crippen MR) is 86.6 cm³/mol. The van der Waals surface area contributed by atoms with E-state index in [9.17, 15) is 10.1 Å². The maximum Gasteiger partial charge on any atom is 0.269 e. The van der Waals surface area contributed by atoms with Crippen LogP contribution in [-0.4, -0.2) is 17.9 Å². The van der Waals surface area contributed by atoms with Crippen LogP contribution < -0.4 is 10.6 Å². The number of rotatable bonds is 5. The average molecular weight is 298 g/mol. The van der Waals surface area contributed by atoms with Gasteiger partial charge in [-0.2, -0.15) is 0 Å². The van der Waals surface area contributed by atoms with E-state index in [1.165, 1.54) is 6.07 Å². The highest BCUT2D eigenvalue weighted by molar-refractivity contribution is 5.79. The molecule has 0 atom stereocenters. The van der Waals surface area contributed by atoms with Crippen LogP contribution in [0.1, 0.15) is 11.1 Å². The zero-order valence-electron chi connectivity index (χ0n) is 12.3. The zero-order valence-corrected chi connectivity index (χ0v) is 12.3. The van der Waals surface area contributed by atoms with Crippen LogP contribution in [0.15, 0.2) is 59.6 Å². The molecular formula is C16H18N4O2. The van der Waals surface area contributed by atoms with Gasteiger partial charge in [-0.1, -0.05) is 42.5 Å². The van der Waals surface area contributed by atoms with E-state index in [0.29, 0.717) is 19.0 Å². The molecule has 6 nitrogen and oxygen atoms in total. The van der Waals surface area contributed by atoms with Gasteiger partial charge in [-0.3, -0.25) is 15.1 Å². The van der Waals surface area contributed by atoms with Crippen LogP contribution in [0.3, 0.4) is 0 Å². The van der Waals surface area contributed by atoms with Crippen LogP contribution >= 0.6 is 0 Å². The van der Waals surface area contributed by atoms with E-state index in [2.05, 4.69) is 15.6 Å².